The second-order valence-corrected chi connectivity index (χ2v) is 6.52. The molecule has 2 rings (SSSR count). The van der Waals surface area contributed by atoms with Gasteiger partial charge in [0.1, 0.15) is 10.3 Å². The van der Waals surface area contributed by atoms with E-state index in [-0.39, 0.29) is 11.0 Å². The van der Waals surface area contributed by atoms with E-state index in [1.165, 1.54) is 0 Å². The van der Waals surface area contributed by atoms with Crippen LogP contribution < -0.4 is 5.56 Å². The summed E-state index contributed by atoms with van der Waals surface area (Å²) in [4.78, 5) is 19.2. The standard InChI is InChI=1S/C12H17BrN2O/c1-12(2,3)6-8-14-10(7-4-5-7)9(13)11(16)15-8/h7H,4-6H2,1-3H3,(H,14,15,16). The lowest BCUT2D eigenvalue weighted by Crippen LogP contribution is -2.19. The number of halogens is 1. The molecule has 1 aromatic rings. The average Bonchev–Trinajstić information content (AvgIpc) is 2.91. The first-order chi connectivity index (χ1) is 7.37. The molecule has 0 saturated heterocycles. The summed E-state index contributed by atoms with van der Waals surface area (Å²) in [6.45, 7) is 6.43. The van der Waals surface area contributed by atoms with Crippen molar-refractivity contribution < 1.29 is 0 Å². The molecule has 0 aliphatic heterocycles. The van der Waals surface area contributed by atoms with Crippen LogP contribution in [0.4, 0.5) is 0 Å². The van der Waals surface area contributed by atoms with Crippen LogP contribution in [0.15, 0.2) is 9.27 Å². The Morgan fingerprint density at radius 2 is 2.06 bits per heavy atom. The predicted molar refractivity (Wildman–Crippen MR) is 67.7 cm³/mol. The van der Waals surface area contributed by atoms with Crippen LogP contribution >= 0.6 is 15.9 Å². The van der Waals surface area contributed by atoms with E-state index in [1.54, 1.807) is 0 Å². The van der Waals surface area contributed by atoms with Crippen molar-refractivity contribution in [3.05, 3.63) is 26.3 Å². The van der Waals surface area contributed by atoms with Crippen molar-refractivity contribution >= 4 is 15.9 Å². The van der Waals surface area contributed by atoms with Crippen molar-refractivity contribution in [2.45, 2.75) is 46.0 Å². The Kier molecular flexibility index (Phi) is 2.95. The highest BCUT2D eigenvalue weighted by Gasteiger charge is 2.29. The number of nitrogens with zero attached hydrogens (tertiary/aromatic N) is 1. The maximum absolute atomic E-state index is 11.7. The molecular formula is C12H17BrN2O. The van der Waals surface area contributed by atoms with Crippen molar-refractivity contribution in [1.29, 1.82) is 0 Å². The van der Waals surface area contributed by atoms with Crippen LogP contribution in [-0.2, 0) is 6.42 Å². The first-order valence-corrected chi connectivity index (χ1v) is 6.45. The molecule has 3 nitrogen and oxygen atoms in total. The minimum absolute atomic E-state index is 0.0452. The molecule has 16 heavy (non-hydrogen) atoms. The Hall–Kier alpha value is -0.640. The third kappa shape index (κ3) is 2.73. The molecule has 88 valence electrons. The Morgan fingerprint density at radius 1 is 1.44 bits per heavy atom. The zero-order chi connectivity index (χ0) is 11.9. The minimum atomic E-state index is -0.0452. The average molecular weight is 285 g/mol. The van der Waals surface area contributed by atoms with E-state index >= 15 is 0 Å². The van der Waals surface area contributed by atoms with Gasteiger partial charge in [-0.2, -0.15) is 0 Å². The minimum Gasteiger partial charge on any atom is -0.310 e. The van der Waals surface area contributed by atoms with Crippen molar-refractivity contribution in [2.75, 3.05) is 0 Å². The molecule has 0 radical (unpaired) electrons. The molecule has 0 atom stereocenters. The second kappa shape index (κ2) is 3.99. The van der Waals surface area contributed by atoms with Gasteiger partial charge in [-0.3, -0.25) is 4.79 Å². The molecule has 1 aliphatic carbocycles. The Bertz CT molecular complexity index is 455. The maximum atomic E-state index is 11.7. The maximum Gasteiger partial charge on any atom is 0.265 e. The molecule has 1 N–H and O–H groups in total. The number of nitrogens with one attached hydrogen (secondary N) is 1. The van der Waals surface area contributed by atoms with Gasteiger partial charge < -0.3 is 4.98 Å². The first kappa shape index (κ1) is 11.8. The first-order valence-electron chi connectivity index (χ1n) is 5.65. The monoisotopic (exact) mass is 284 g/mol. The summed E-state index contributed by atoms with van der Waals surface area (Å²) in [6, 6.07) is 0. The molecule has 0 amide bonds. The van der Waals surface area contributed by atoms with Crippen LogP contribution in [0.1, 0.15) is 51.0 Å². The number of hydrogen-bond donors (Lipinski definition) is 1. The van der Waals surface area contributed by atoms with E-state index in [4.69, 9.17) is 0 Å². The number of rotatable bonds is 2. The van der Waals surface area contributed by atoms with Crippen LogP contribution in [-0.4, -0.2) is 9.97 Å². The van der Waals surface area contributed by atoms with Gasteiger partial charge in [-0.05, 0) is 34.2 Å². The summed E-state index contributed by atoms with van der Waals surface area (Å²) in [7, 11) is 0. The van der Waals surface area contributed by atoms with E-state index in [9.17, 15) is 4.79 Å². The lowest BCUT2D eigenvalue weighted by Gasteiger charge is -2.17. The summed E-state index contributed by atoms with van der Waals surface area (Å²) >= 11 is 3.33. The van der Waals surface area contributed by atoms with Crippen LogP contribution in [0.2, 0.25) is 0 Å². The Morgan fingerprint density at radius 3 is 2.56 bits per heavy atom. The van der Waals surface area contributed by atoms with Crippen molar-refractivity contribution in [3.63, 3.8) is 0 Å². The number of aromatic amines is 1. The van der Waals surface area contributed by atoms with Crippen LogP contribution in [0.3, 0.4) is 0 Å². The fraction of sp³-hybridized carbons (Fsp3) is 0.667. The Labute approximate surface area is 104 Å². The normalized spacial score (nSPS) is 16.5. The highest BCUT2D eigenvalue weighted by atomic mass is 79.9. The van der Waals surface area contributed by atoms with E-state index < -0.39 is 0 Å². The number of hydrogen-bond acceptors (Lipinski definition) is 2. The summed E-state index contributed by atoms with van der Waals surface area (Å²) in [5.41, 5.74) is 1.05. The Balaban J connectivity index is 2.37. The van der Waals surface area contributed by atoms with Crippen molar-refractivity contribution in [2.24, 2.45) is 5.41 Å². The van der Waals surface area contributed by atoms with Gasteiger partial charge in [0.15, 0.2) is 0 Å². The summed E-state index contributed by atoms with van der Waals surface area (Å²) < 4.78 is 0.618. The molecule has 0 spiro atoms. The number of H-pyrrole nitrogens is 1. The van der Waals surface area contributed by atoms with Gasteiger partial charge in [-0.25, -0.2) is 4.98 Å². The topological polar surface area (TPSA) is 45.8 Å². The van der Waals surface area contributed by atoms with Gasteiger partial charge in [-0.1, -0.05) is 20.8 Å². The summed E-state index contributed by atoms with van der Waals surface area (Å²) in [5, 5.41) is 0. The second-order valence-electron chi connectivity index (χ2n) is 5.72. The third-order valence-corrected chi connectivity index (χ3v) is 3.37. The highest BCUT2D eigenvalue weighted by Crippen LogP contribution is 2.41. The molecule has 0 aromatic carbocycles. The number of aromatic nitrogens is 2. The van der Waals surface area contributed by atoms with E-state index in [0.29, 0.717) is 10.4 Å². The van der Waals surface area contributed by atoms with E-state index in [1.807, 2.05) is 0 Å². The highest BCUT2D eigenvalue weighted by molar-refractivity contribution is 9.10. The van der Waals surface area contributed by atoms with Crippen molar-refractivity contribution in [1.82, 2.24) is 9.97 Å². The van der Waals surface area contributed by atoms with Gasteiger partial charge in [-0.15, -0.1) is 0 Å². The molecule has 1 aromatic heterocycles. The van der Waals surface area contributed by atoms with Gasteiger partial charge in [0.25, 0.3) is 5.56 Å². The van der Waals surface area contributed by atoms with Crippen LogP contribution in [0.25, 0.3) is 0 Å². The largest absolute Gasteiger partial charge is 0.310 e. The zero-order valence-electron chi connectivity index (χ0n) is 9.93. The molecule has 4 heteroatoms. The van der Waals surface area contributed by atoms with Gasteiger partial charge in [0, 0.05) is 12.3 Å². The third-order valence-electron chi connectivity index (χ3n) is 2.60. The predicted octanol–water partition coefficient (Wildman–Crippen LogP) is 3.00. The summed E-state index contributed by atoms with van der Waals surface area (Å²) in [5.74, 6) is 1.30. The molecule has 0 unspecified atom stereocenters. The van der Waals surface area contributed by atoms with Crippen LogP contribution in [0.5, 0.6) is 0 Å². The van der Waals surface area contributed by atoms with Gasteiger partial charge >= 0.3 is 0 Å². The molecule has 1 saturated carbocycles. The lowest BCUT2D eigenvalue weighted by molar-refractivity contribution is 0.399. The van der Waals surface area contributed by atoms with E-state index in [2.05, 4.69) is 46.7 Å². The molecule has 1 fully saturated rings. The van der Waals surface area contributed by atoms with E-state index in [0.717, 1.165) is 30.8 Å². The fourth-order valence-electron chi connectivity index (χ4n) is 1.74. The molecule has 1 heterocycles. The van der Waals surface area contributed by atoms with Gasteiger partial charge in [0.2, 0.25) is 0 Å². The molecule has 0 bridgehead atoms. The quantitative estimate of drug-likeness (QED) is 0.908. The molecular weight excluding hydrogens is 268 g/mol. The fourth-order valence-corrected chi connectivity index (χ4v) is 2.25. The summed E-state index contributed by atoms with van der Waals surface area (Å²) in [6.07, 6.45) is 3.11. The van der Waals surface area contributed by atoms with Gasteiger partial charge in [0.05, 0.1) is 5.69 Å². The molecule has 1 aliphatic rings. The smallest absolute Gasteiger partial charge is 0.265 e. The lowest BCUT2D eigenvalue weighted by atomic mass is 9.92. The zero-order valence-corrected chi connectivity index (χ0v) is 11.5. The SMILES string of the molecule is CC(C)(C)Cc1nc(C2CC2)c(Br)c(=O)[nH]1. The van der Waals surface area contributed by atoms with Crippen LogP contribution in [0, 0.1) is 5.41 Å². The van der Waals surface area contributed by atoms with Crippen molar-refractivity contribution in [3.8, 4) is 0 Å².